The number of alkyl halides is 1. The van der Waals surface area contributed by atoms with Gasteiger partial charge in [0, 0.05) is 6.61 Å². The van der Waals surface area contributed by atoms with Crippen molar-refractivity contribution in [3.05, 3.63) is 60.7 Å². The normalized spacial score (nSPS) is 15.0. The molecule has 2 aromatic carbocycles. The first-order valence-corrected chi connectivity index (χ1v) is 11.2. The smallest absolute Gasteiger partial charge is 0.261 e. The minimum Gasteiger partial charge on any atom is -0.407 e. The first-order chi connectivity index (χ1) is 11.8. The van der Waals surface area contributed by atoms with Crippen molar-refractivity contribution >= 4 is 30.3 Å². The van der Waals surface area contributed by atoms with Gasteiger partial charge in [0.1, 0.15) is 0 Å². The molecule has 0 aromatic heterocycles. The van der Waals surface area contributed by atoms with Crippen molar-refractivity contribution in [3.8, 4) is 0 Å². The van der Waals surface area contributed by atoms with Gasteiger partial charge in [-0.05, 0) is 21.3 Å². The van der Waals surface area contributed by atoms with Gasteiger partial charge in [-0.3, -0.25) is 0 Å². The van der Waals surface area contributed by atoms with Gasteiger partial charge in [-0.2, -0.15) is 0 Å². The van der Waals surface area contributed by atoms with Crippen LogP contribution in [0.15, 0.2) is 60.7 Å². The summed E-state index contributed by atoms with van der Waals surface area (Å²) in [5, 5.41) is 11.5. The Balaban J connectivity index is 2.53. The summed E-state index contributed by atoms with van der Waals surface area (Å²) < 4.78 is 6.79. The molecule has 0 bridgehead atoms. The summed E-state index contributed by atoms with van der Waals surface area (Å²) in [5.74, 6) is 0.0771. The Bertz CT molecular complexity index is 600. The zero-order chi connectivity index (χ0) is 18.5. The van der Waals surface area contributed by atoms with Gasteiger partial charge in [-0.15, -0.1) is 11.6 Å². The molecule has 0 heterocycles. The summed E-state index contributed by atoms with van der Waals surface area (Å²) in [7, 11) is -2.51. The molecule has 0 spiro atoms. The van der Waals surface area contributed by atoms with E-state index in [9.17, 15) is 5.11 Å². The van der Waals surface area contributed by atoms with Crippen molar-refractivity contribution in [2.24, 2.45) is 5.92 Å². The highest BCUT2D eigenvalue weighted by Crippen LogP contribution is 2.37. The minimum absolute atomic E-state index is 0.0349. The van der Waals surface area contributed by atoms with E-state index in [0.29, 0.717) is 6.61 Å². The molecule has 0 amide bonds. The Morgan fingerprint density at radius 1 is 0.960 bits per heavy atom. The lowest BCUT2D eigenvalue weighted by atomic mass is 10.1. The molecule has 1 unspecified atom stereocenters. The standard InChI is InChI=1S/C21H29ClO2Si/c1-17(20(22)15-23)16-24-25(21(2,3)4,18-11-7-5-8-12-18)19-13-9-6-10-14-19/h5-14,17,20,23H,15-16H2,1-4H3/t17?,20-/m1/s1. The first-order valence-electron chi connectivity index (χ1n) is 8.83. The predicted molar refractivity (Wildman–Crippen MR) is 109 cm³/mol. The van der Waals surface area contributed by atoms with Crippen molar-refractivity contribution in [1.29, 1.82) is 0 Å². The summed E-state index contributed by atoms with van der Waals surface area (Å²) in [6, 6.07) is 21.1. The molecule has 0 aliphatic rings. The molecule has 0 radical (unpaired) electrons. The molecule has 2 nitrogen and oxygen atoms in total. The fourth-order valence-corrected chi connectivity index (χ4v) is 8.04. The average molecular weight is 377 g/mol. The molecule has 25 heavy (non-hydrogen) atoms. The van der Waals surface area contributed by atoms with Crippen LogP contribution in [-0.4, -0.2) is 32.0 Å². The summed E-state index contributed by atoms with van der Waals surface area (Å²) >= 11 is 6.24. The Hall–Kier alpha value is -1.13. The molecule has 136 valence electrons. The highest BCUT2D eigenvalue weighted by molar-refractivity contribution is 6.99. The van der Waals surface area contributed by atoms with Crippen LogP contribution in [0.3, 0.4) is 0 Å². The van der Waals surface area contributed by atoms with Gasteiger partial charge < -0.3 is 9.53 Å². The molecule has 0 saturated carbocycles. The summed E-state index contributed by atoms with van der Waals surface area (Å²) in [6.07, 6.45) is 0. The van der Waals surface area contributed by atoms with Crippen LogP contribution in [0.1, 0.15) is 27.7 Å². The molecule has 4 heteroatoms. The fraction of sp³-hybridized carbons (Fsp3) is 0.429. The van der Waals surface area contributed by atoms with Crippen molar-refractivity contribution in [2.45, 2.75) is 38.1 Å². The highest BCUT2D eigenvalue weighted by atomic mass is 35.5. The lowest BCUT2D eigenvalue weighted by Gasteiger charge is -2.43. The summed E-state index contributed by atoms with van der Waals surface area (Å²) in [5.41, 5.74) is 0. The van der Waals surface area contributed by atoms with E-state index < -0.39 is 8.32 Å². The molecule has 0 fully saturated rings. The van der Waals surface area contributed by atoms with Crippen molar-refractivity contribution < 1.29 is 9.53 Å². The zero-order valence-corrected chi connectivity index (χ0v) is 17.3. The number of benzene rings is 2. The van der Waals surface area contributed by atoms with Gasteiger partial charge in [0.15, 0.2) is 0 Å². The molecule has 0 aliphatic heterocycles. The van der Waals surface area contributed by atoms with Crippen LogP contribution in [0.4, 0.5) is 0 Å². The van der Waals surface area contributed by atoms with E-state index in [-0.39, 0.29) is 22.9 Å². The maximum atomic E-state index is 9.35. The Labute approximate surface area is 157 Å². The predicted octanol–water partition coefficient (Wildman–Crippen LogP) is 3.80. The SMILES string of the molecule is CC(CO[Si](c1ccccc1)(c1ccccc1)C(C)(C)C)[C@H](Cl)CO. The van der Waals surface area contributed by atoms with Crippen LogP contribution in [0.2, 0.25) is 5.04 Å². The van der Waals surface area contributed by atoms with E-state index >= 15 is 0 Å². The summed E-state index contributed by atoms with van der Waals surface area (Å²) in [4.78, 5) is 0. The number of hydrogen-bond acceptors (Lipinski definition) is 2. The molecule has 2 rings (SSSR count). The molecule has 0 saturated heterocycles. The van der Waals surface area contributed by atoms with E-state index in [1.54, 1.807) is 0 Å². The summed E-state index contributed by atoms with van der Waals surface area (Å²) in [6.45, 7) is 9.30. The van der Waals surface area contributed by atoms with Crippen molar-refractivity contribution in [1.82, 2.24) is 0 Å². The van der Waals surface area contributed by atoms with Crippen LogP contribution in [0.5, 0.6) is 0 Å². The monoisotopic (exact) mass is 376 g/mol. The number of rotatable bonds is 7. The molecule has 2 atom stereocenters. The third kappa shape index (κ3) is 4.35. The maximum Gasteiger partial charge on any atom is 0.261 e. The fourth-order valence-electron chi connectivity index (χ4n) is 3.30. The molecule has 0 aliphatic carbocycles. The number of halogens is 1. The second-order valence-electron chi connectivity index (χ2n) is 7.65. The topological polar surface area (TPSA) is 29.5 Å². The number of hydrogen-bond donors (Lipinski definition) is 1. The quantitative estimate of drug-likeness (QED) is 0.588. The minimum atomic E-state index is -2.51. The van der Waals surface area contributed by atoms with E-state index in [1.165, 1.54) is 10.4 Å². The van der Waals surface area contributed by atoms with E-state index in [1.807, 2.05) is 19.1 Å². The van der Waals surface area contributed by atoms with E-state index in [4.69, 9.17) is 16.0 Å². The van der Waals surface area contributed by atoms with E-state index in [2.05, 4.69) is 69.3 Å². The second kappa shape index (κ2) is 8.50. The Kier molecular flexibility index (Phi) is 6.86. The molecule has 1 N–H and O–H groups in total. The lowest BCUT2D eigenvalue weighted by Crippen LogP contribution is -2.67. The van der Waals surface area contributed by atoms with Gasteiger partial charge in [0.25, 0.3) is 8.32 Å². The van der Waals surface area contributed by atoms with Crippen LogP contribution < -0.4 is 10.4 Å². The Morgan fingerprint density at radius 2 is 1.40 bits per heavy atom. The highest BCUT2D eigenvalue weighted by Gasteiger charge is 2.50. The molecular weight excluding hydrogens is 348 g/mol. The van der Waals surface area contributed by atoms with Gasteiger partial charge in [0.05, 0.1) is 12.0 Å². The van der Waals surface area contributed by atoms with Crippen LogP contribution in [0.25, 0.3) is 0 Å². The van der Waals surface area contributed by atoms with Crippen molar-refractivity contribution in [3.63, 3.8) is 0 Å². The van der Waals surface area contributed by atoms with Crippen molar-refractivity contribution in [2.75, 3.05) is 13.2 Å². The average Bonchev–Trinajstić information content (AvgIpc) is 2.62. The van der Waals surface area contributed by atoms with E-state index in [0.717, 1.165) is 0 Å². The Morgan fingerprint density at radius 3 is 1.76 bits per heavy atom. The lowest BCUT2D eigenvalue weighted by molar-refractivity contribution is 0.204. The molecular formula is C21H29ClO2Si. The van der Waals surface area contributed by atoms with Crippen LogP contribution in [0, 0.1) is 5.92 Å². The van der Waals surface area contributed by atoms with Crippen LogP contribution >= 0.6 is 11.6 Å². The largest absolute Gasteiger partial charge is 0.407 e. The first kappa shape index (κ1) is 20.2. The van der Waals surface area contributed by atoms with Gasteiger partial charge in [-0.1, -0.05) is 88.4 Å². The maximum absolute atomic E-state index is 9.35. The van der Waals surface area contributed by atoms with Gasteiger partial charge >= 0.3 is 0 Å². The van der Waals surface area contributed by atoms with Gasteiger partial charge in [0.2, 0.25) is 0 Å². The molecule has 2 aromatic rings. The number of aliphatic hydroxyl groups excluding tert-OH is 1. The third-order valence-electron chi connectivity index (χ3n) is 4.77. The number of aliphatic hydroxyl groups is 1. The second-order valence-corrected chi connectivity index (χ2v) is 12.5. The van der Waals surface area contributed by atoms with Crippen LogP contribution in [-0.2, 0) is 4.43 Å². The van der Waals surface area contributed by atoms with Gasteiger partial charge in [-0.25, -0.2) is 0 Å². The third-order valence-corrected chi connectivity index (χ3v) is 10.3. The zero-order valence-electron chi connectivity index (χ0n) is 15.6.